The molecule has 7 nitrogen and oxygen atoms in total. The second-order valence-electron chi connectivity index (χ2n) is 5.91. The van der Waals surface area contributed by atoms with Gasteiger partial charge in [0.25, 0.3) is 5.91 Å². The first-order valence-corrected chi connectivity index (χ1v) is 10.4. The highest BCUT2D eigenvalue weighted by molar-refractivity contribution is 7.92. The molecule has 8 heteroatoms. The molecular weight excluding hydrogens is 380 g/mol. The van der Waals surface area contributed by atoms with Crippen molar-refractivity contribution in [2.75, 3.05) is 37.4 Å². The van der Waals surface area contributed by atoms with E-state index in [9.17, 15) is 13.2 Å². The Labute approximate surface area is 165 Å². The van der Waals surface area contributed by atoms with Crippen LogP contribution in [0.4, 0.5) is 5.69 Å². The van der Waals surface area contributed by atoms with Crippen molar-refractivity contribution in [3.63, 3.8) is 0 Å². The number of hydrogen-bond donors (Lipinski definition) is 1. The first-order valence-electron chi connectivity index (χ1n) is 8.59. The Balaban J connectivity index is 1.87. The number of nitrogens with one attached hydrogen (secondary N) is 1. The summed E-state index contributed by atoms with van der Waals surface area (Å²) in [5.74, 6) is 1.16. The maximum Gasteiger partial charge on any atom is 0.251 e. The molecule has 0 spiro atoms. The Morgan fingerprint density at radius 3 is 2.25 bits per heavy atom. The van der Waals surface area contributed by atoms with Gasteiger partial charge in [-0.1, -0.05) is 6.08 Å². The van der Waals surface area contributed by atoms with Gasteiger partial charge in [-0.05, 0) is 48.5 Å². The van der Waals surface area contributed by atoms with E-state index in [0.29, 0.717) is 30.2 Å². The molecule has 0 radical (unpaired) electrons. The number of carbonyl (C=O) groups excluding carboxylic acids is 1. The molecule has 0 aliphatic rings. The predicted octanol–water partition coefficient (Wildman–Crippen LogP) is 2.46. The number of hydrogen-bond acceptors (Lipinski definition) is 5. The van der Waals surface area contributed by atoms with Crippen LogP contribution in [-0.4, -0.2) is 47.4 Å². The predicted molar refractivity (Wildman–Crippen MR) is 110 cm³/mol. The normalized spacial score (nSPS) is 10.8. The lowest BCUT2D eigenvalue weighted by Gasteiger charge is -2.20. The zero-order valence-corrected chi connectivity index (χ0v) is 16.7. The van der Waals surface area contributed by atoms with E-state index in [-0.39, 0.29) is 12.5 Å². The fraction of sp³-hybridized carbons (Fsp3) is 0.250. The second kappa shape index (κ2) is 9.80. The van der Waals surface area contributed by atoms with E-state index >= 15 is 0 Å². The molecule has 0 atom stereocenters. The summed E-state index contributed by atoms with van der Waals surface area (Å²) in [6.07, 6.45) is 2.63. The van der Waals surface area contributed by atoms with Gasteiger partial charge in [-0.25, -0.2) is 8.42 Å². The third-order valence-electron chi connectivity index (χ3n) is 3.83. The van der Waals surface area contributed by atoms with E-state index < -0.39 is 10.0 Å². The third-order valence-corrected chi connectivity index (χ3v) is 4.99. The minimum Gasteiger partial charge on any atom is -0.497 e. The summed E-state index contributed by atoms with van der Waals surface area (Å²) in [7, 11) is -1.83. The van der Waals surface area contributed by atoms with Crippen molar-refractivity contribution in [3.8, 4) is 11.5 Å². The summed E-state index contributed by atoms with van der Waals surface area (Å²) < 4.78 is 35.5. The van der Waals surface area contributed by atoms with E-state index in [4.69, 9.17) is 9.47 Å². The maximum atomic E-state index is 12.2. The van der Waals surface area contributed by atoms with Crippen molar-refractivity contribution in [1.82, 2.24) is 5.32 Å². The lowest BCUT2D eigenvalue weighted by molar-refractivity contribution is 0.0947. The fourth-order valence-corrected chi connectivity index (χ4v) is 3.32. The monoisotopic (exact) mass is 404 g/mol. The van der Waals surface area contributed by atoms with Crippen LogP contribution in [-0.2, 0) is 10.0 Å². The molecule has 2 rings (SSSR count). The minimum absolute atomic E-state index is 0.160. The van der Waals surface area contributed by atoms with Gasteiger partial charge >= 0.3 is 0 Å². The van der Waals surface area contributed by atoms with Crippen LogP contribution in [0.2, 0.25) is 0 Å². The van der Waals surface area contributed by atoms with Gasteiger partial charge in [-0.3, -0.25) is 9.10 Å². The van der Waals surface area contributed by atoms with Crippen LogP contribution in [0.1, 0.15) is 10.4 Å². The van der Waals surface area contributed by atoms with Gasteiger partial charge in [-0.15, -0.1) is 6.58 Å². The van der Waals surface area contributed by atoms with Crippen molar-refractivity contribution >= 4 is 21.6 Å². The molecule has 0 heterocycles. The molecule has 0 aliphatic heterocycles. The summed E-state index contributed by atoms with van der Waals surface area (Å²) >= 11 is 0. The molecule has 0 bridgehead atoms. The van der Waals surface area contributed by atoms with Crippen molar-refractivity contribution in [3.05, 3.63) is 66.7 Å². The minimum atomic E-state index is -3.42. The Hall–Kier alpha value is -3.00. The Bertz CT molecular complexity index is 893. The molecule has 1 N–H and O–H groups in total. The van der Waals surface area contributed by atoms with Gasteiger partial charge in [0.1, 0.15) is 18.1 Å². The quantitative estimate of drug-likeness (QED) is 0.486. The van der Waals surface area contributed by atoms with Gasteiger partial charge in [0, 0.05) is 5.56 Å². The number of anilines is 1. The van der Waals surface area contributed by atoms with Gasteiger partial charge in [0.05, 0.1) is 32.1 Å². The van der Waals surface area contributed by atoms with Crippen molar-refractivity contribution < 1.29 is 22.7 Å². The number of methoxy groups -OCH3 is 1. The summed E-state index contributed by atoms with van der Waals surface area (Å²) in [6.45, 7) is 4.38. The average molecular weight is 404 g/mol. The van der Waals surface area contributed by atoms with Gasteiger partial charge in [-0.2, -0.15) is 0 Å². The topological polar surface area (TPSA) is 84.9 Å². The molecule has 2 aromatic carbocycles. The van der Waals surface area contributed by atoms with Crippen molar-refractivity contribution in [2.45, 2.75) is 0 Å². The van der Waals surface area contributed by atoms with Crippen LogP contribution < -0.4 is 19.1 Å². The molecule has 28 heavy (non-hydrogen) atoms. The van der Waals surface area contributed by atoms with Gasteiger partial charge < -0.3 is 14.8 Å². The highest BCUT2D eigenvalue weighted by Crippen LogP contribution is 2.18. The molecule has 0 fully saturated rings. The molecule has 0 saturated heterocycles. The third kappa shape index (κ3) is 6.02. The Kier molecular flexibility index (Phi) is 7.45. The van der Waals surface area contributed by atoms with Crippen LogP contribution in [0.25, 0.3) is 0 Å². The fourth-order valence-electron chi connectivity index (χ4n) is 2.44. The number of ether oxygens (including phenoxy) is 2. The molecule has 0 aromatic heterocycles. The number of sulfonamides is 1. The van der Waals surface area contributed by atoms with Crippen LogP contribution in [0.3, 0.4) is 0 Å². The summed E-state index contributed by atoms with van der Waals surface area (Å²) in [6, 6.07) is 13.5. The van der Waals surface area contributed by atoms with Gasteiger partial charge in [0.15, 0.2) is 0 Å². The number of nitrogens with zero attached hydrogens (tertiary/aromatic N) is 1. The number of carbonyl (C=O) groups is 1. The number of rotatable bonds is 10. The average Bonchev–Trinajstić information content (AvgIpc) is 2.69. The smallest absolute Gasteiger partial charge is 0.251 e. The zero-order valence-electron chi connectivity index (χ0n) is 15.9. The summed E-state index contributed by atoms with van der Waals surface area (Å²) in [5, 5.41) is 2.76. The molecule has 0 unspecified atom stereocenters. The van der Waals surface area contributed by atoms with E-state index in [2.05, 4.69) is 11.9 Å². The summed E-state index contributed by atoms with van der Waals surface area (Å²) in [5.41, 5.74) is 0.905. The molecule has 150 valence electrons. The van der Waals surface area contributed by atoms with Crippen LogP contribution >= 0.6 is 0 Å². The second-order valence-corrected chi connectivity index (χ2v) is 7.82. The first kappa shape index (κ1) is 21.3. The largest absolute Gasteiger partial charge is 0.497 e. The standard InChI is InChI=1S/C20H24N2O5S/c1-4-14-22(28(3,24)25)17-7-5-16(6-8-17)20(23)21-13-15-27-19-11-9-18(26-2)10-12-19/h4-12H,1,13-15H2,2-3H3,(H,21,23). The van der Waals surface area contributed by atoms with E-state index in [1.54, 1.807) is 55.6 Å². The lowest BCUT2D eigenvalue weighted by atomic mass is 10.2. The molecule has 0 aliphatic carbocycles. The first-order chi connectivity index (χ1) is 13.3. The summed E-state index contributed by atoms with van der Waals surface area (Å²) in [4.78, 5) is 12.2. The molecule has 0 saturated carbocycles. The highest BCUT2D eigenvalue weighted by atomic mass is 32.2. The Morgan fingerprint density at radius 1 is 1.11 bits per heavy atom. The Morgan fingerprint density at radius 2 is 1.71 bits per heavy atom. The number of amides is 1. The van der Waals surface area contributed by atoms with Gasteiger partial charge in [0.2, 0.25) is 10.0 Å². The van der Waals surface area contributed by atoms with Crippen molar-refractivity contribution in [2.24, 2.45) is 0 Å². The van der Waals surface area contributed by atoms with Crippen LogP contribution in [0, 0.1) is 0 Å². The molecule has 1 amide bonds. The lowest BCUT2D eigenvalue weighted by Crippen LogP contribution is -2.30. The SMILES string of the molecule is C=CCN(c1ccc(C(=O)NCCOc2ccc(OC)cc2)cc1)S(C)(=O)=O. The molecular formula is C20H24N2O5S. The van der Waals surface area contributed by atoms with Crippen LogP contribution in [0.15, 0.2) is 61.2 Å². The van der Waals surface area contributed by atoms with E-state index in [1.165, 1.54) is 10.4 Å². The van der Waals surface area contributed by atoms with Crippen molar-refractivity contribution in [1.29, 1.82) is 0 Å². The number of benzene rings is 2. The van der Waals surface area contributed by atoms with E-state index in [0.717, 1.165) is 12.0 Å². The molecule has 2 aromatic rings. The van der Waals surface area contributed by atoms with E-state index in [1.807, 2.05) is 0 Å². The highest BCUT2D eigenvalue weighted by Gasteiger charge is 2.16. The maximum absolute atomic E-state index is 12.2. The van der Waals surface area contributed by atoms with Crippen LogP contribution in [0.5, 0.6) is 11.5 Å². The zero-order chi connectivity index (χ0) is 20.6.